The van der Waals surface area contributed by atoms with Gasteiger partial charge in [-0.3, -0.25) is 9.98 Å². The smallest absolute Gasteiger partial charge is 0.355 e. The van der Waals surface area contributed by atoms with Gasteiger partial charge in [0.1, 0.15) is 18.5 Å². The van der Waals surface area contributed by atoms with Crippen molar-refractivity contribution in [1.29, 1.82) is 0 Å². The summed E-state index contributed by atoms with van der Waals surface area (Å²) in [4.78, 5) is 35.1. The van der Waals surface area contributed by atoms with Gasteiger partial charge in [-0.05, 0) is 23.1 Å². The van der Waals surface area contributed by atoms with Crippen molar-refractivity contribution in [2.24, 2.45) is 4.99 Å². The van der Waals surface area contributed by atoms with Crippen molar-refractivity contribution in [3.8, 4) is 0 Å². The minimum absolute atomic E-state index is 0.0615. The summed E-state index contributed by atoms with van der Waals surface area (Å²) in [6.45, 7) is -0.990. The lowest BCUT2D eigenvalue weighted by Crippen LogP contribution is -2.50. The summed E-state index contributed by atoms with van der Waals surface area (Å²) in [5.74, 6) is -1.29. The molecule has 200 valence electrons. The van der Waals surface area contributed by atoms with E-state index in [2.05, 4.69) is 20.6 Å². The van der Waals surface area contributed by atoms with Gasteiger partial charge in [-0.25, -0.2) is 22.8 Å². The van der Waals surface area contributed by atoms with Crippen LogP contribution in [0.1, 0.15) is 17.3 Å². The SMILES string of the molecule is CN(C(=O)NCc1cccc(F)c1Cl)[C@@H](CNCC(F)F)COC(=O)C1=NC1c1cc2ccccc2cn1. The van der Waals surface area contributed by atoms with Crippen molar-refractivity contribution in [1.82, 2.24) is 20.5 Å². The monoisotopic (exact) mass is 547 g/mol. The van der Waals surface area contributed by atoms with Crippen LogP contribution in [-0.4, -0.2) is 66.8 Å². The number of ether oxygens (including phenoxy) is 1. The number of rotatable bonds is 11. The molecule has 1 aromatic heterocycles. The first-order chi connectivity index (χ1) is 18.2. The maximum atomic E-state index is 13.7. The zero-order valence-corrected chi connectivity index (χ0v) is 21.1. The van der Waals surface area contributed by atoms with Crippen LogP contribution in [0.25, 0.3) is 10.8 Å². The number of hydrogen-bond donors (Lipinski definition) is 2. The Hall–Kier alpha value is -3.70. The fourth-order valence-corrected chi connectivity index (χ4v) is 3.97. The first-order valence-corrected chi connectivity index (χ1v) is 12.1. The van der Waals surface area contributed by atoms with Crippen molar-refractivity contribution in [2.45, 2.75) is 25.1 Å². The Labute approximate surface area is 221 Å². The molecule has 38 heavy (non-hydrogen) atoms. The molecule has 0 spiro atoms. The third kappa shape index (κ3) is 6.78. The second kappa shape index (κ2) is 12.2. The molecule has 0 aliphatic carbocycles. The summed E-state index contributed by atoms with van der Waals surface area (Å²) < 4.78 is 44.3. The zero-order valence-electron chi connectivity index (χ0n) is 20.3. The maximum Gasteiger partial charge on any atom is 0.355 e. The predicted octanol–water partition coefficient (Wildman–Crippen LogP) is 4.13. The molecule has 0 saturated heterocycles. The summed E-state index contributed by atoms with van der Waals surface area (Å²) >= 11 is 5.93. The molecule has 0 saturated carbocycles. The standard InChI is InChI=1S/C26H25ClF3N5O3/c1-35(26(37)33-11-17-7-4-8-19(28)22(17)27)18(12-31-13-21(29)30)14-38-25(36)24-23(34-24)20-9-15-5-2-3-6-16(15)10-32-20/h2-10,18,21,23,31H,11-14H2,1H3,(H,33,37)/t18-,23?/m0/s1. The van der Waals surface area contributed by atoms with Gasteiger partial charge < -0.3 is 20.3 Å². The molecule has 1 aliphatic heterocycles. The molecular weight excluding hydrogens is 523 g/mol. The van der Waals surface area contributed by atoms with Crippen LogP contribution in [0.15, 0.2) is 59.7 Å². The number of pyridine rings is 1. The number of nitrogens with one attached hydrogen (secondary N) is 2. The number of esters is 1. The highest BCUT2D eigenvalue weighted by molar-refractivity contribution is 6.44. The number of hydrogen-bond acceptors (Lipinski definition) is 6. The molecule has 2 amide bonds. The van der Waals surface area contributed by atoms with Gasteiger partial charge in [-0.1, -0.05) is 48.0 Å². The van der Waals surface area contributed by atoms with E-state index in [0.29, 0.717) is 11.3 Å². The molecule has 0 radical (unpaired) electrons. The minimum atomic E-state index is -2.59. The maximum absolute atomic E-state index is 13.7. The number of amides is 2. The van der Waals surface area contributed by atoms with Crippen molar-refractivity contribution in [2.75, 3.05) is 26.7 Å². The number of nitrogens with zero attached hydrogens (tertiary/aromatic N) is 3. The Morgan fingerprint density at radius 1 is 1.13 bits per heavy atom. The first-order valence-electron chi connectivity index (χ1n) is 11.8. The minimum Gasteiger partial charge on any atom is -0.459 e. The Kier molecular flexibility index (Phi) is 8.80. The molecule has 12 heteroatoms. The number of urea groups is 1. The van der Waals surface area contributed by atoms with E-state index in [4.69, 9.17) is 16.3 Å². The normalized spacial score (nSPS) is 15.2. The van der Waals surface area contributed by atoms with Crippen LogP contribution in [0.3, 0.4) is 0 Å². The van der Waals surface area contributed by atoms with E-state index in [1.165, 1.54) is 24.1 Å². The molecule has 2 heterocycles. The van der Waals surface area contributed by atoms with Crippen LogP contribution in [-0.2, 0) is 16.1 Å². The number of aromatic nitrogens is 1. The highest BCUT2D eigenvalue weighted by Crippen LogP contribution is 2.32. The summed E-state index contributed by atoms with van der Waals surface area (Å²) in [6, 6.07) is 11.8. The van der Waals surface area contributed by atoms with Gasteiger partial charge in [-0.15, -0.1) is 0 Å². The second-order valence-electron chi connectivity index (χ2n) is 8.66. The Morgan fingerprint density at radius 2 is 1.89 bits per heavy atom. The number of carbonyl (C=O) groups is 2. The van der Waals surface area contributed by atoms with E-state index in [0.717, 1.165) is 10.8 Å². The lowest BCUT2D eigenvalue weighted by atomic mass is 10.1. The highest BCUT2D eigenvalue weighted by atomic mass is 35.5. The van der Waals surface area contributed by atoms with Crippen LogP contribution in [0.4, 0.5) is 18.0 Å². The topological polar surface area (TPSA) is 95.9 Å². The summed E-state index contributed by atoms with van der Waals surface area (Å²) in [6.07, 6.45) is -0.889. The number of fused-ring (bicyclic) bond motifs is 1. The Bertz CT molecular complexity index is 1360. The molecular formula is C26H25ClF3N5O3. The van der Waals surface area contributed by atoms with E-state index in [-0.39, 0.29) is 30.4 Å². The van der Waals surface area contributed by atoms with Gasteiger partial charge in [0, 0.05) is 31.7 Å². The predicted molar refractivity (Wildman–Crippen MR) is 137 cm³/mol. The molecule has 2 atom stereocenters. The van der Waals surface area contributed by atoms with Gasteiger partial charge in [0.15, 0.2) is 5.71 Å². The lowest BCUT2D eigenvalue weighted by molar-refractivity contribution is -0.136. The highest BCUT2D eigenvalue weighted by Gasteiger charge is 2.38. The van der Waals surface area contributed by atoms with E-state index in [1.807, 2.05) is 30.3 Å². The Balaban J connectivity index is 1.34. The van der Waals surface area contributed by atoms with Crippen molar-refractivity contribution in [3.05, 3.63) is 76.8 Å². The zero-order chi connectivity index (χ0) is 27.2. The third-order valence-electron chi connectivity index (χ3n) is 6.02. The number of carbonyl (C=O) groups excluding carboxylic acids is 2. The molecule has 1 aliphatic rings. The van der Waals surface area contributed by atoms with Gasteiger partial charge in [0.05, 0.1) is 23.3 Å². The van der Waals surface area contributed by atoms with E-state index >= 15 is 0 Å². The van der Waals surface area contributed by atoms with Gasteiger partial charge >= 0.3 is 12.0 Å². The average molecular weight is 548 g/mol. The first kappa shape index (κ1) is 27.3. The van der Waals surface area contributed by atoms with E-state index in [9.17, 15) is 22.8 Å². The van der Waals surface area contributed by atoms with Crippen molar-refractivity contribution >= 4 is 40.1 Å². The summed E-state index contributed by atoms with van der Waals surface area (Å²) in [5.41, 5.74) is 1.17. The van der Waals surface area contributed by atoms with Crippen LogP contribution < -0.4 is 10.6 Å². The largest absolute Gasteiger partial charge is 0.459 e. The van der Waals surface area contributed by atoms with Gasteiger partial charge in [0.25, 0.3) is 6.43 Å². The van der Waals surface area contributed by atoms with Crippen LogP contribution in [0, 0.1) is 5.82 Å². The number of benzene rings is 2. The summed E-state index contributed by atoms with van der Waals surface area (Å²) in [7, 11) is 1.43. The number of alkyl halides is 2. The van der Waals surface area contributed by atoms with Crippen molar-refractivity contribution in [3.63, 3.8) is 0 Å². The number of aliphatic imine (C=N–C) groups is 1. The third-order valence-corrected chi connectivity index (χ3v) is 6.44. The molecule has 4 rings (SSSR count). The van der Waals surface area contributed by atoms with Crippen LogP contribution in [0.5, 0.6) is 0 Å². The number of halogens is 4. The molecule has 0 bridgehead atoms. The van der Waals surface area contributed by atoms with Crippen LogP contribution in [0.2, 0.25) is 5.02 Å². The average Bonchev–Trinajstić information content (AvgIpc) is 3.71. The fourth-order valence-electron chi connectivity index (χ4n) is 3.78. The molecule has 2 N–H and O–H groups in total. The van der Waals surface area contributed by atoms with Crippen LogP contribution >= 0.6 is 11.6 Å². The fraction of sp³-hybridized carbons (Fsp3) is 0.308. The lowest BCUT2D eigenvalue weighted by Gasteiger charge is -2.28. The molecule has 1 unspecified atom stereocenters. The molecule has 0 fully saturated rings. The molecule has 8 nitrogen and oxygen atoms in total. The Morgan fingerprint density at radius 3 is 2.66 bits per heavy atom. The second-order valence-corrected chi connectivity index (χ2v) is 9.04. The van der Waals surface area contributed by atoms with E-state index in [1.54, 1.807) is 12.3 Å². The van der Waals surface area contributed by atoms with Crippen molar-refractivity contribution < 1.29 is 27.5 Å². The molecule has 3 aromatic rings. The summed E-state index contributed by atoms with van der Waals surface area (Å²) in [5, 5.41) is 6.97. The van der Waals surface area contributed by atoms with E-state index < -0.39 is 42.9 Å². The quantitative estimate of drug-likeness (QED) is 0.352. The number of likely N-dealkylation sites (N-methyl/N-ethyl adjacent to an activating group) is 1. The van der Waals surface area contributed by atoms with Gasteiger partial charge in [-0.2, -0.15) is 0 Å². The molecule has 2 aromatic carbocycles. The van der Waals surface area contributed by atoms with Gasteiger partial charge in [0.2, 0.25) is 0 Å².